The zero-order chi connectivity index (χ0) is 16.1. The third kappa shape index (κ3) is 5.83. The number of carbonyl (C=O) groups excluding carboxylic acids is 1. The van der Waals surface area contributed by atoms with Crippen LogP contribution in [0.3, 0.4) is 0 Å². The van der Waals surface area contributed by atoms with E-state index in [1.807, 2.05) is 34.6 Å². The highest BCUT2D eigenvalue weighted by Gasteiger charge is 2.45. The summed E-state index contributed by atoms with van der Waals surface area (Å²) >= 11 is 0. The summed E-state index contributed by atoms with van der Waals surface area (Å²) in [4.78, 5) is 14.2. The zero-order valence-electron chi connectivity index (χ0n) is 14.4. The molecule has 0 aromatic heterocycles. The van der Waals surface area contributed by atoms with Gasteiger partial charge in [-0.25, -0.2) is 4.79 Å². The van der Waals surface area contributed by atoms with Gasteiger partial charge in [0.2, 0.25) is 0 Å². The molecule has 0 saturated carbocycles. The minimum Gasteiger partial charge on any atom is -0.444 e. The summed E-state index contributed by atoms with van der Waals surface area (Å²) in [5.41, 5.74) is -1.09. The first-order chi connectivity index (χ1) is 9.67. The van der Waals surface area contributed by atoms with E-state index in [4.69, 9.17) is 14.2 Å². The molecule has 1 amide bonds. The SMILES string of the molecule is COCCCCCC1COC(C)(C)N1C(=O)OC(C)(C)C. The van der Waals surface area contributed by atoms with Gasteiger partial charge in [0, 0.05) is 13.7 Å². The third-order valence-electron chi connectivity index (χ3n) is 3.55. The summed E-state index contributed by atoms with van der Waals surface area (Å²) in [6, 6.07) is 0.0948. The lowest BCUT2D eigenvalue weighted by molar-refractivity contribution is -0.0627. The average molecular weight is 301 g/mol. The summed E-state index contributed by atoms with van der Waals surface area (Å²) in [5.74, 6) is 0. The van der Waals surface area contributed by atoms with E-state index in [-0.39, 0.29) is 12.1 Å². The van der Waals surface area contributed by atoms with Crippen LogP contribution in [0.4, 0.5) is 4.79 Å². The Bertz CT molecular complexity index is 336. The van der Waals surface area contributed by atoms with Crippen LogP contribution in [-0.4, -0.2) is 48.7 Å². The van der Waals surface area contributed by atoms with Crippen LogP contribution in [0.2, 0.25) is 0 Å². The van der Waals surface area contributed by atoms with E-state index in [9.17, 15) is 4.79 Å². The topological polar surface area (TPSA) is 48.0 Å². The number of nitrogens with zero attached hydrogens (tertiary/aromatic N) is 1. The van der Waals surface area contributed by atoms with Crippen molar-refractivity contribution in [2.24, 2.45) is 0 Å². The predicted molar refractivity (Wildman–Crippen MR) is 82.2 cm³/mol. The number of carbonyl (C=O) groups is 1. The molecule has 1 unspecified atom stereocenters. The predicted octanol–water partition coefficient (Wildman–Crippen LogP) is 3.57. The van der Waals surface area contributed by atoms with Gasteiger partial charge in [-0.2, -0.15) is 0 Å². The standard InChI is InChI=1S/C16H31NO4/c1-15(2,3)21-14(18)17-13(12-20-16(17,4)5)10-8-7-9-11-19-6/h13H,7-12H2,1-6H3. The van der Waals surface area contributed by atoms with Gasteiger partial charge >= 0.3 is 6.09 Å². The molecular formula is C16H31NO4. The molecule has 1 fully saturated rings. The number of ether oxygens (including phenoxy) is 3. The summed E-state index contributed by atoms with van der Waals surface area (Å²) in [6.45, 7) is 10.9. The van der Waals surface area contributed by atoms with Crippen molar-refractivity contribution in [3.63, 3.8) is 0 Å². The molecule has 0 N–H and O–H groups in total. The highest BCUT2D eigenvalue weighted by atomic mass is 16.6. The van der Waals surface area contributed by atoms with Gasteiger partial charge in [-0.3, -0.25) is 4.90 Å². The molecule has 0 spiro atoms. The van der Waals surface area contributed by atoms with E-state index in [0.29, 0.717) is 6.61 Å². The molecule has 21 heavy (non-hydrogen) atoms. The van der Waals surface area contributed by atoms with Gasteiger partial charge in [0.05, 0.1) is 12.6 Å². The monoisotopic (exact) mass is 301 g/mol. The van der Waals surface area contributed by atoms with Crippen LogP contribution in [0.25, 0.3) is 0 Å². The van der Waals surface area contributed by atoms with Crippen molar-refractivity contribution in [1.29, 1.82) is 0 Å². The van der Waals surface area contributed by atoms with E-state index in [0.717, 1.165) is 32.3 Å². The number of amides is 1. The third-order valence-corrected chi connectivity index (χ3v) is 3.55. The molecule has 124 valence electrons. The van der Waals surface area contributed by atoms with E-state index in [1.54, 1.807) is 12.0 Å². The Hall–Kier alpha value is -0.810. The van der Waals surface area contributed by atoms with Gasteiger partial charge in [0.1, 0.15) is 11.3 Å². The molecule has 1 heterocycles. The number of hydrogen-bond acceptors (Lipinski definition) is 4. The first-order valence-corrected chi connectivity index (χ1v) is 7.82. The fourth-order valence-electron chi connectivity index (χ4n) is 2.58. The van der Waals surface area contributed by atoms with E-state index >= 15 is 0 Å². The second-order valence-corrected chi connectivity index (χ2v) is 7.10. The molecule has 5 heteroatoms. The van der Waals surface area contributed by atoms with E-state index < -0.39 is 11.3 Å². The van der Waals surface area contributed by atoms with Crippen LogP contribution >= 0.6 is 0 Å². The molecule has 1 rings (SSSR count). The maximum absolute atomic E-state index is 12.4. The summed E-state index contributed by atoms with van der Waals surface area (Å²) in [7, 11) is 1.72. The molecular weight excluding hydrogens is 270 g/mol. The van der Waals surface area contributed by atoms with Crippen LogP contribution < -0.4 is 0 Å². The maximum atomic E-state index is 12.4. The first-order valence-electron chi connectivity index (χ1n) is 7.82. The molecule has 0 aromatic carbocycles. The Morgan fingerprint density at radius 1 is 1.29 bits per heavy atom. The summed E-state index contributed by atoms with van der Waals surface area (Å²) < 4.78 is 16.4. The van der Waals surface area contributed by atoms with Gasteiger partial charge in [-0.05, 0) is 47.5 Å². The first kappa shape index (κ1) is 18.2. The van der Waals surface area contributed by atoms with Crippen molar-refractivity contribution in [3.8, 4) is 0 Å². The van der Waals surface area contributed by atoms with Crippen molar-refractivity contribution in [2.75, 3.05) is 20.3 Å². The Balaban J connectivity index is 2.56. The second-order valence-electron chi connectivity index (χ2n) is 7.10. The number of unbranched alkanes of at least 4 members (excludes halogenated alkanes) is 2. The fourth-order valence-corrected chi connectivity index (χ4v) is 2.58. The van der Waals surface area contributed by atoms with Crippen LogP contribution in [0.5, 0.6) is 0 Å². The molecule has 1 atom stereocenters. The lowest BCUT2D eigenvalue weighted by atomic mass is 10.1. The fraction of sp³-hybridized carbons (Fsp3) is 0.938. The minimum atomic E-state index is -0.598. The van der Waals surface area contributed by atoms with E-state index in [2.05, 4.69) is 0 Å². The van der Waals surface area contributed by atoms with Crippen LogP contribution in [0.15, 0.2) is 0 Å². The zero-order valence-corrected chi connectivity index (χ0v) is 14.4. The number of methoxy groups -OCH3 is 1. The number of rotatable bonds is 6. The van der Waals surface area contributed by atoms with Crippen LogP contribution in [-0.2, 0) is 14.2 Å². The van der Waals surface area contributed by atoms with Gasteiger partial charge in [0.25, 0.3) is 0 Å². The van der Waals surface area contributed by atoms with Gasteiger partial charge < -0.3 is 14.2 Å². The average Bonchev–Trinajstić information content (AvgIpc) is 2.62. The van der Waals surface area contributed by atoms with E-state index in [1.165, 1.54) is 0 Å². The Labute approximate surface area is 128 Å². The quantitative estimate of drug-likeness (QED) is 0.704. The van der Waals surface area contributed by atoms with Crippen molar-refractivity contribution < 1.29 is 19.0 Å². The van der Waals surface area contributed by atoms with Crippen LogP contribution in [0, 0.1) is 0 Å². The van der Waals surface area contributed by atoms with Crippen molar-refractivity contribution >= 4 is 6.09 Å². The minimum absolute atomic E-state index is 0.0948. The summed E-state index contributed by atoms with van der Waals surface area (Å²) in [6.07, 6.45) is 3.87. The smallest absolute Gasteiger partial charge is 0.412 e. The molecule has 0 bridgehead atoms. The Kier molecular flexibility index (Phi) is 6.47. The van der Waals surface area contributed by atoms with Gasteiger partial charge in [-0.15, -0.1) is 0 Å². The maximum Gasteiger partial charge on any atom is 0.412 e. The lowest BCUT2D eigenvalue weighted by Crippen LogP contribution is -2.49. The highest BCUT2D eigenvalue weighted by Crippen LogP contribution is 2.31. The molecule has 0 aliphatic carbocycles. The Morgan fingerprint density at radius 3 is 2.52 bits per heavy atom. The highest BCUT2D eigenvalue weighted by molar-refractivity contribution is 5.69. The molecule has 5 nitrogen and oxygen atoms in total. The lowest BCUT2D eigenvalue weighted by Gasteiger charge is -2.35. The van der Waals surface area contributed by atoms with Crippen molar-refractivity contribution in [3.05, 3.63) is 0 Å². The largest absolute Gasteiger partial charge is 0.444 e. The van der Waals surface area contributed by atoms with Crippen LogP contribution in [0.1, 0.15) is 60.3 Å². The molecule has 0 radical (unpaired) electrons. The van der Waals surface area contributed by atoms with Gasteiger partial charge in [0.15, 0.2) is 0 Å². The van der Waals surface area contributed by atoms with Crippen molar-refractivity contribution in [2.45, 2.75) is 77.7 Å². The Morgan fingerprint density at radius 2 is 1.95 bits per heavy atom. The second kappa shape index (κ2) is 7.45. The molecule has 1 aliphatic heterocycles. The number of hydrogen-bond donors (Lipinski definition) is 0. The molecule has 1 saturated heterocycles. The van der Waals surface area contributed by atoms with Crippen molar-refractivity contribution in [1.82, 2.24) is 4.90 Å². The normalized spacial score (nSPS) is 21.6. The van der Waals surface area contributed by atoms with Gasteiger partial charge in [-0.1, -0.05) is 12.8 Å². The molecule has 1 aliphatic rings. The molecule has 0 aromatic rings. The summed E-state index contributed by atoms with van der Waals surface area (Å²) in [5, 5.41) is 0.